The monoisotopic (exact) mass is 383 g/mol. The maximum absolute atomic E-state index is 9.99. The summed E-state index contributed by atoms with van der Waals surface area (Å²) in [6.07, 6.45) is 0. The predicted molar refractivity (Wildman–Crippen MR) is 57.2 cm³/mol. The second-order valence-electron chi connectivity index (χ2n) is 2.59. The van der Waals surface area contributed by atoms with Gasteiger partial charge in [0, 0.05) is 4.92 Å². The minimum Gasteiger partial charge on any atom is -0.260 e. The Hall–Kier alpha value is -1.47. The first-order valence-corrected chi connectivity index (χ1v) is 4.32. The average molecular weight is 383 g/mol. The molecular formula is C12H9NO2W. The molecule has 16 heavy (non-hydrogen) atoms. The van der Waals surface area contributed by atoms with Crippen LogP contribution in [0.4, 0.5) is 5.69 Å². The maximum Gasteiger partial charge on any atom is 2.00 e. The van der Waals surface area contributed by atoms with Gasteiger partial charge in [-0.1, -0.05) is 12.1 Å². The van der Waals surface area contributed by atoms with E-state index in [1.54, 1.807) is 0 Å². The van der Waals surface area contributed by atoms with Gasteiger partial charge in [0.25, 0.3) is 0 Å². The molecule has 0 heterocycles. The van der Waals surface area contributed by atoms with Crippen LogP contribution in [0, 0.1) is 22.2 Å². The van der Waals surface area contributed by atoms with Gasteiger partial charge in [-0.15, -0.1) is 0 Å². The Morgan fingerprint density at radius 3 is 1.69 bits per heavy atom. The Balaban J connectivity index is 0.000000283. The van der Waals surface area contributed by atoms with Gasteiger partial charge in [-0.05, 0) is 0 Å². The molecule has 0 aromatic heterocycles. The Bertz CT molecular complexity index is 366. The van der Waals surface area contributed by atoms with Gasteiger partial charge in [-0.2, -0.15) is 54.6 Å². The molecule has 0 unspecified atom stereocenters. The number of nitro groups is 1. The molecule has 0 amide bonds. The maximum atomic E-state index is 9.99. The van der Waals surface area contributed by atoms with Crippen molar-refractivity contribution in [3.8, 4) is 0 Å². The van der Waals surface area contributed by atoms with Crippen LogP contribution in [0.25, 0.3) is 0 Å². The van der Waals surface area contributed by atoms with Crippen molar-refractivity contribution in [2.75, 3.05) is 0 Å². The van der Waals surface area contributed by atoms with Crippen molar-refractivity contribution in [1.82, 2.24) is 0 Å². The molecule has 4 heteroatoms. The zero-order valence-electron chi connectivity index (χ0n) is 8.37. The molecule has 80 valence electrons. The quantitative estimate of drug-likeness (QED) is 0.432. The molecule has 0 fully saturated rings. The number of nitro benzene ring substituents is 1. The summed E-state index contributed by atoms with van der Waals surface area (Å²) < 4.78 is 0. The third-order valence-corrected chi connectivity index (χ3v) is 1.52. The molecule has 2 aromatic rings. The Morgan fingerprint density at radius 1 is 0.938 bits per heavy atom. The predicted octanol–water partition coefficient (Wildman–Crippen LogP) is 2.88. The minimum absolute atomic E-state index is 0. The SMILES string of the molecule is O=[N+]([O-])c1cc[c-]cc1.[W+2].[c-]1ccccc1. The summed E-state index contributed by atoms with van der Waals surface area (Å²) >= 11 is 0. The van der Waals surface area contributed by atoms with Crippen molar-refractivity contribution in [3.63, 3.8) is 0 Å². The molecule has 0 radical (unpaired) electrons. The molecule has 0 N–H and O–H groups in total. The number of hydrogen-bond donors (Lipinski definition) is 0. The molecule has 0 saturated carbocycles. The van der Waals surface area contributed by atoms with Crippen LogP contribution in [0.3, 0.4) is 0 Å². The minimum atomic E-state index is -0.437. The number of rotatable bonds is 1. The van der Waals surface area contributed by atoms with Crippen LogP contribution in [0.15, 0.2) is 54.6 Å². The van der Waals surface area contributed by atoms with Crippen LogP contribution in [-0.4, -0.2) is 4.92 Å². The van der Waals surface area contributed by atoms with Gasteiger partial charge in [0.15, 0.2) is 5.69 Å². The molecule has 2 aromatic carbocycles. The average Bonchev–Trinajstić information content (AvgIpc) is 2.33. The fourth-order valence-electron chi connectivity index (χ4n) is 0.842. The van der Waals surface area contributed by atoms with E-state index in [0.717, 1.165) is 0 Å². The largest absolute Gasteiger partial charge is 2.00 e. The summed E-state index contributed by atoms with van der Waals surface area (Å²) in [5.41, 5.74) is 0.105. The molecule has 0 aliphatic heterocycles. The van der Waals surface area contributed by atoms with Crippen LogP contribution in [0.5, 0.6) is 0 Å². The normalized spacial score (nSPS) is 8.00. The zero-order chi connectivity index (χ0) is 10.9. The van der Waals surface area contributed by atoms with Gasteiger partial charge in [0.1, 0.15) is 0 Å². The molecule has 0 aliphatic rings. The first kappa shape index (κ1) is 14.5. The first-order valence-electron chi connectivity index (χ1n) is 4.32. The van der Waals surface area contributed by atoms with Crippen LogP contribution >= 0.6 is 0 Å². The van der Waals surface area contributed by atoms with E-state index in [2.05, 4.69) is 12.1 Å². The molecule has 0 bridgehead atoms. The van der Waals surface area contributed by atoms with E-state index in [1.165, 1.54) is 24.3 Å². The van der Waals surface area contributed by atoms with Gasteiger partial charge in [-0.25, -0.2) is 0 Å². The fourth-order valence-corrected chi connectivity index (χ4v) is 0.842. The van der Waals surface area contributed by atoms with Gasteiger partial charge in [0.05, 0.1) is 0 Å². The molecule has 0 atom stereocenters. The second-order valence-corrected chi connectivity index (χ2v) is 2.59. The van der Waals surface area contributed by atoms with Crippen molar-refractivity contribution in [1.29, 1.82) is 0 Å². The van der Waals surface area contributed by atoms with E-state index < -0.39 is 4.92 Å². The van der Waals surface area contributed by atoms with Crippen molar-refractivity contribution < 1.29 is 26.0 Å². The second kappa shape index (κ2) is 8.81. The number of benzene rings is 2. The van der Waals surface area contributed by atoms with E-state index in [4.69, 9.17) is 0 Å². The molecule has 0 spiro atoms. The fraction of sp³-hybridized carbons (Fsp3) is 0. The van der Waals surface area contributed by atoms with Crippen molar-refractivity contribution in [2.45, 2.75) is 0 Å². The van der Waals surface area contributed by atoms with Crippen molar-refractivity contribution in [3.05, 3.63) is 76.8 Å². The summed E-state index contributed by atoms with van der Waals surface area (Å²) in [7, 11) is 0. The molecule has 0 aliphatic carbocycles. The zero-order valence-corrected chi connectivity index (χ0v) is 11.3. The summed E-state index contributed by atoms with van der Waals surface area (Å²) in [5, 5.41) is 9.99. The van der Waals surface area contributed by atoms with Gasteiger partial charge in [-0.3, -0.25) is 10.1 Å². The number of nitrogens with zero attached hydrogens (tertiary/aromatic N) is 1. The number of non-ortho nitro benzene ring substituents is 1. The Kier molecular flexibility index (Phi) is 8.00. The number of hydrogen-bond acceptors (Lipinski definition) is 2. The van der Waals surface area contributed by atoms with E-state index in [1.807, 2.05) is 30.3 Å². The third-order valence-electron chi connectivity index (χ3n) is 1.52. The Morgan fingerprint density at radius 2 is 1.44 bits per heavy atom. The van der Waals surface area contributed by atoms with Gasteiger partial charge >= 0.3 is 21.1 Å². The van der Waals surface area contributed by atoms with E-state index in [9.17, 15) is 10.1 Å². The molecular weight excluding hydrogens is 374 g/mol. The van der Waals surface area contributed by atoms with E-state index in [0.29, 0.717) is 0 Å². The van der Waals surface area contributed by atoms with E-state index >= 15 is 0 Å². The van der Waals surface area contributed by atoms with Crippen molar-refractivity contribution >= 4 is 5.69 Å². The molecule has 0 saturated heterocycles. The first-order chi connectivity index (χ1) is 7.30. The third kappa shape index (κ3) is 6.09. The molecule has 2 rings (SSSR count). The van der Waals surface area contributed by atoms with Gasteiger partial charge in [0.2, 0.25) is 0 Å². The summed E-state index contributed by atoms with van der Waals surface area (Å²) in [5.74, 6) is 0. The van der Waals surface area contributed by atoms with Crippen LogP contribution in [0.1, 0.15) is 0 Å². The summed E-state index contributed by atoms with van der Waals surface area (Å²) in [6.45, 7) is 0. The van der Waals surface area contributed by atoms with Crippen molar-refractivity contribution in [2.24, 2.45) is 0 Å². The summed E-state index contributed by atoms with van der Waals surface area (Å²) in [4.78, 5) is 9.56. The summed E-state index contributed by atoms with van der Waals surface area (Å²) in [6, 6.07) is 21.0. The van der Waals surface area contributed by atoms with Crippen LogP contribution in [0.2, 0.25) is 0 Å². The smallest absolute Gasteiger partial charge is 0.260 e. The molecule has 3 nitrogen and oxygen atoms in total. The van der Waals surface area contributed by atoms with Crippen LogP contribution in [-0.2, 0) is 21.1 Å². The standard InChI is InChI=1S/C6H4NO2.C6H5.W/c8-7(9)6-4-2-1-3-5-6;1-2-4-6-5-3-1;/h2-5H;1-5H;/q2*-1;+2. The van der Waals surface area contributed by atoms with Crippen LogP contribution < -0.4 is 0 Å². The van der Waals surface area contributed by atoms with Gasteiger partial charge < -0.3 is 0 Å². The van der Waals surface area contributed by atoms with E-state index in [-0.39, 0.29) is 26.8 Å². The topological polar surface area (TPSA) is 43.1 Å². The Labute approximate surface area is 109 Å².